The van der Waals surface area contributed by atoms with E-state index in [1.54, 1.807) is 43.3 Å². The number of hydrogen-bond acceptors (Lipinski definition) is 5. The van der Waals surface area contributed by atoms with Gasteiger partial charge in [-0.25, -0.2) is 12.8 Å². The maximum atomic E-state index is 14.1. The highest BCUT2D eigenvalue weighted by Gasteiger charge is 2.33. The molecule has 3 aromatic carbocycles. The number of sulfonamides is 1. The molecule has 0 saturated carbocycles. The molecule has 0 saturated heterocycles. The van der Waals surface area contributed by atoms with Gasteiger partial charge in [0.25, 0.3) is 10.0 Å². The third-order valence-corrected chi connectivity index (χ3v) is 8.49. The molecule has 0 aliphatic rings. The number of ether oxygens (including phenoxy) is 1. The van der Waals surface area contributed by atoms with Crippen molar-refractivity contribution in [1.29, 1.82) is 0 Å². The van der Waals surface area contributed by atoms with Gasteiger partial charge in [-0.1, -0.05) is 44.5 Å². The van der Waals surface area contributed by atoms with Crippen molar-refractivity contribution in [3.63, 3.8) is 0 Å². The van der Waals surface area contributed by atoms with Crippen LogP contribution < -0.4 is 14.4 Å². The molecular formula is C31H37ClFN3O5S. The molecule has 0 heterocycles. The first-order valence-corrected chi connectivity index (χ1v) is 15.6. The molecule has 1 atom stereocenters. The van der Waals surface area contributed by atoms with Crippen molar-refractivity contribution in [2.45, 2.75) is 51.6 Å². The van der Waals surface area contributed by atoms with E-state index in [2.05, 4.69) is 5.32 Å². The van der Waals surface area contributed by atoms with Crippen molar-refractivity contribution in [3.8, 4) is 5.75 Å². The van der Waals surface area contributed by atoms with Crippen LogP contribution in [0, 0.1) is 11.7 Å². The van der Waals surface area contributed by atoms with Gasteiger partial charge in [-0.05, 0) is 85.5 Å². The number of benzene rings is 3. The summed E-state index contributed by atoms with van der Waals surface area (Å²) in [6.45, 7) is 7.85. The van der Waals surface area contributed by atoms with Gasteiger partial charge in [0, 0.05) is 18.1 Å². The lowest BCUT2D eigenvalue weighted by atomic mass is 10.1. The zero-order valence-corrected chi connectivity index (χ0v) is 25.8. The van der Waals surface area contributed by atoms with E-state index in [1.807, 2.05) is 20.8 Å². The zero-order valence-electron chi connectivity index (χ0n) is 24.2. The largest absolute Gasteiger partial charge is 0.494 e. The summed E-state index contributed by atoms with van der Waals surface area (Å²) in [4.78, 5) is 28.5. The van der Waals surface area contributed by atoms with Crippen molar-refractivity contribution >= 4 is 39.1 Å². The summed E-state index contributed by atoms with van der Waals surface area (Å²) in [6, 6.07) is 16.7. The van der Waals surface area contributed by atoms with Gasteiger partial charge in [0.05, 0.1) is 17.2 Å². The van der Waals surface area contributed by atoms with Crippen LogP contribution in [-0.2, 0) is 26.2 Å². The van der Waals surface area contributed by atoms with Gasteiger partial charge in [-0.3, -0.25) is 13.9 Å². The molecule has 3 aromatic rings. The van der Waals surface area contributed by atoms with Crippen molar-refractivity contribution in [3.05, 3.63) is 89.2 Å². The van der Waals surface area contributed by atoms with Gasteiger partial charge in [0.1, 0.15) is 24.2 Å². The van der Waals surface area contributed by atoms with Crippen LogP contribution in [0.1, 0.15) is 39.7 Å². The van der Waals surface area contributed by atoms with Crippen LogP contribution in [0.2, 0.25) is 5.02 Å². The Kier molecular flexibility index (Phi) is 11.8. The first-order chi connectivity index (χ1) is 20.0. The highest BCUT2D eigenvalue weighted by atomic mass is 35.5. The third kappa shape index (κ3) is 8.69. The Hall–Kier alpha value is -3.63. The lowest BCUT2D eigenvalue weighted by Crippen LogP contribution is -2.52. The fourth-order valence-electron chi connectivity index (χ4n) is 4.27. The van der Waals surface area contributed by atoms with Gasteiger partial charge >= 0.3 is 0 Å². The molecule has 8 nitrogen and oxygen atoms in total. The summed E-state index contributed by atoms with van der Waals surface area (Å²) >= 11 is 6.06. The van der Waals surface area contributed by atoms with Gasteiger partial charge in [0.2, 0.25) is 11.8 Å². The second-order valence-corrected chi connectivity index (χ2v) is 12.4. The topological polar surface area (TPSA) is 96.0 Å². The number of halogens is 2. The molecule has 2 amide bonds. The van der Waals surface area contributed by atoms with Crippen molar-refractivity contribution in [2.24, 2.45) is 5.92 Å². The first-order valence-electron chi connectivity index (χ1n) is 13.8. The molecule has 0 bridgehead atoms. The Morgan fingerprint density at radius 1 is 0.952 bits per heavy atom. The molecule has 0 aromatic heterocycles. The molecule has 11 heteroatoms. The lowest BCUT2D eigenvalue weighted by molar-refractivity contribution is -0.140. The van der Waals surface area contributed by atoms with Crippen LogP contribution >= 0.6 is 11.6 Å². The van der Waals surface area contributed by atoms with Crippen LogP contribution in [0.25, 0.3) is 0 Å². The van der Waals surface area contributed by atoms with E-state index >= 15 is 0 Å². The maximum Gasteiger partial charge on any atom is 0.264 e. The van der Waals surface area contributed by atoms with Crippen LogP contribution in [0.15, 0.2) is 77.7 Å². The number of carbonyl (C=O) groups excluding carboxylic acids is 2. The average Bonchev–Trinajstić information content (AvgIpc) is 2.96. The molecule has 0 aliphatic heterocycles. The van der Waals surface area contributed by atoms with Crippen molar-refractivity contribution in [1.82, 2.24) is 10.2 Å². The van der Waals surface area contributed by atoms with Gasteiger partial charge in [-0.2, -0.15) is 0 Å². The van der Waals surface area contributed by atoms with E-state index in [1.165, 1.54) is 17.0 Å². The Morgan fingerprint density at radius 2 is 1.57 bits per heavy atom. The highest BCUT2D eigenvalue weighted by molar-refractivity contribution is 7.92. The maximum absolute atomic E-state index is 14.1. The molecule has 1 N–H and O–H groups in total. The summed E-state index contributed by atoms with van der Waals surface area (Å²) in [5.41, 5.74) is 0.928. The quantitative estimate of drug-likeness (QED) is 0.252. The Balaban J connectivity index is 2.04. The molecular weight excluding hydrogens is 581 g/mol. The normalized spacial score (nSPS) is 12.1. The fraction of sp³-hybridized carbons (Fsp3) is 0.355. The molecule has 3 rings (SSSR count). The molecule has 226 valence electrons. The number of anilines is 1. The van der Waals surface area contributed by atoms with Gasteiger partial charge in [0.15, 0.2) is 0 Å². The highest BCUT2D eigenvalue weighted by Crippen LogP contribution is 2.27. The smallest absolute Gasteiger partial charge is 0.264 e. The number of hydrogen-bond donors (Lipinski definition) is 1. The summed E-state index contributed by atoms with van der Waals surface area (Å²) in [5.74, 6) is -0.782. The fourth-order valence-corrected chi connectivity index (χ4v) is 5.81. The van der Waals surface area contributed by atoms with E-state index in [4.69, 9.17) is 16.3 Å². The van der Waals surface area contributed by atoms with E-state index < -0.39 is 34.3 Å². The van der Waals surface area contributed by atoms with E-state index in [0.717, 1.165) is 34.1 Å². The van der Waals surface area contributed by atoms with Crippen LogP contribution in [0.3, 0.4) is 0 Å². The minimum absolute atomic E-state index is 0.0529. The molecule has 0 radical (unpaired) electrons. The van der Waals surface area contributed by atoms with Crippen molar-refractivity contribution in [2.75, 3.05) is 24.0 Å². The predicted molar refractivity (Wildman–Crippen MR) is 162 cm³/mol. The minimum atomic E-state index is -4.32. The van der Waals surface area contributed by atoms with Crippen LogP contribution in [-0.4, -0.2) is 50.9 Å². The van der Waals surface area contributed by atoms with Crippen molar-refractivity contribution < 1.29 is 27.1 Å². The molecule has 42 heavy (non-hydrogen) atoms. The number of rotatable bonds is 14. The number of carbonyl (C=O) groups is 2. The van der Waals surface area contributed by atoms with Crippen LogP contribution in [0.5, 0.6) is 5.75 Å². The Labute approximate surface area is 252 Å². The lowest BCUT2D eigenvalue weighted by Gasteiger charge is -2.33. The molecule has 0 aliphatic carbocycles. The summed E-state index contributed by atoms with van der Waals surface area (Å²) in [5, 5.41) is 3.41. The second kappa shape index (κ2) is 15.0. The molecule has 0 spiro atoms. The van der Waals surface area contributed by atoms with Crippen LogP contribution in [0.4, 0.5) is 10.1 Å². The third-order valence-electron chi connectivity index (χ3n) is 6.45. The Morgan fingerprint density at radius 3 is 2.12 bits per heavy atom. The number of nitrogens with one attached hydrogen (secondary N) is 1. The minimum Gasteiger partial charge on any atom is -0.494 e. The second-order valence-electron chi connectivity index (χ2n) is 10.1. The van der Waals surface area contributed by atoms with Gasteiger partial charge < -0.3 is 15.0 Å². The van der Waals surface area contributed by atoms with E-state index in [9.17, 15) is 22.4 Å². The summed E-state index contributed by atoms with van der Waals surface area (Å²) in [6.07, 6.45) is 0.303. The van der Waals surface area contributed by atoms with E-state index in [0.29, 0.717) is 30.3 Å². The summed E-state index contributed by atoms with van der Waals surface area (Å²) in [7, 11) is -4.32. The summed E-state index contributed by atoms with van der Waals surface area (Å²) < 4.78 is 47.8. The van der Waals surface area contributed by atoms with Gasteiger partial charge in [-0.15, -0.1) is 0 Å². The average molecular weight is 618 g/mol. The standard InChI is InChI=1S/C31H37ClFN3O5S/c1-5-29(31(38)34-19-22(3)4)35(20-23-7-9-24(32)10-8-23)30(37)21-36(26-13-15-27(16-14-26)41-6-2)42(39,40)28-17-11-25(33)12-18-28/h7-18,22,29H,5-6,19-21H2,1-4H3,(H,34,38)/t29-/m0/s1. The number of nitrogens with zero attached hydrogens (tertiary/aromatic N) is 2. The Bertz CT molecular complexity index is 1430. The monoisotopic (exact) mass is 617 g/mol. The first kappa shape index (κ1) is 32.9. The predicted octanol–water partition coefficient (Wildman–Crippen LogP) is 5.65. The number of amides is 2. The SMILES string of the molecule is CCOc1ccc(N(CC(=O)N(Cc2ccc(Cl)cc2)[C@@H](CC)C(=O)NCC(C)C)S(=O)(=O)c2ccc(F)cc2)cc1. The van der Waals surface area contributed by atoms with E-state index in [-0.39, 0.29) is 29.0 Å². The molecule has 0 fully saturated rings. The molecule has 0 unspecified atom stereocenters. The zero-order chi connectivity index (χ0) is 30.9.